The van der Waals surface area contributed by atoms with E-state index in [0.29, 0.717) is 5.02 Å². The molecule has 2 aromatic carbocycles. The highest BCUT2D eigenvalue weighted by Crippen LogP contribution is 2.27. The fraction of sp³-hybridized carbons (Fsp3) is 0.0952. The lowest BCUT2D eigenvalue weighted by molar-refractivity contribution is -0.113. The number of nitrogens with one attached hydrogen (secondary N) is 1. The Hall–Kier alpha value is -2.35. The van der Waals surface area contributed by atoms with E-state index in [1.165, 1.54) is 11.8 Å². The molecule has 0 atom stereocenters. The Labute approximate surface area is 185 Å². The Morgan fingerprint density at radius 3 is 2.76 bits per heavy atom. The minimum Gasteiger partial charge on any atom is -0.325 e. The summed E-state index contributed by atoms with van der Waals surface area (Å²) in [5.41, 5.74) is 4.49. The van der Waals surface area contributed by atoms with Gasteiger partial charge in [0.2, 0.25) is 5.91 Å². The maximum absolute atomic E-state index is 12.4. The lowest BCUT2D eigenvalue weighted by atomic mass is 10.1. The standard InChI is InChI=1S/C21H16BrClN4OS/c1-13-10-16(6-7-17(13)22)25-20(28)12-29-21-19-11-18(26-27(19)9-8-24-21)14-2-4-15(23)5-3-14/h2-11H,12H2,1H3,(H,25,28). The molecule has 2 heterocycles. The molecule has 0 unspecified atom stereocenters. The SMILES string of the molecule is Cc1cc(NC(=O)CSc2nccn3nc(-c4ccc(Cl)cc4)cc23)ccc1Br. The number of nitrogens with zero attached hydrogens (tertiary/aromatic N) is 3. The van der Waals surface area contributed by atoms with E-state index in [1.54, 1.807) is 16.9 Å². The molecule has 0 aliphatic rings. The van der Waals surface area contributed by atoms with Gasteiger partial charge in [-0.25, -0.2) is 9.50 Å². The molecule has 1 amide bonds. The largest absolute Gasteiger partial charge is 0.325 e. The Morgan fingerprint density at radius 2 is 2.00 bits per heavy atom. The Morgan fingerprint density at radius 1 is 1.21 bits per heavy atom. The monoisotopic (exact) mass is 486 g/mol. The van der Waals surface area contributed by atoms with Crippen LogP contribution in [0.2, 0.25) is 5.02 Å². The number of aromatic nitrogens is 3. The van der Waals surface area contributed by atoms with Gasteiger partial charge in [0.1, 0.15) is 5.03 Å². The number of hydrogen-bond donors (Lipinski definition) is 1. The minimum atomic E-state index is -0.0852. The summed E-state index contributed by atoms with van der Waals surface area (Å²) in [7, 11) is 0. The second-order valence-corrected chi connectivity index (χ2v) is 8.65. The molecule has 0 bridgehead atoms. The van der Waals surface area contributed by atoms with Crippen LogP contribution in [0.4, 0.5) is 5.69 Å². The van der Waals surface area contributed by atoms with Crippen LogP contribution in [0.15, 0.2) is 70.4 Å². The predicted molar refractivity (Wildman–Crippen MR) is 122 cm³/mol. The van der Waals surface area contributed by atoms with Crippen molar-refractivity contribution in [2.45, 2.75) is 11.9 Å². The van der Waals surface area contributed by atoms with Crippen molar-refractivity contribution in [1.82, 2.24) is 14.6 Å². The fourth-order valence-electron chi connectivity index (χ4n) is 2.82. The Kier molecular flexibility index (Phi) is 5.89. The molecule has 5 nitrogen and oxygen atoms in total. The van der Waals surface area contributed by atoms with Gasteiger partial charge in [-0.15, -0.1) is 0 Å². The summed E-state index contributed by atoms with van der Waals surface area (Å²) in [5.74, 6) is 0.168. The number of rotatable bonds is 5. The molecular weight excluding hydrogens is 472 g/mol. The number of amides is 1. The molecule has 146 valence electrons. The lowest BCUT2D eigenvalue weighted by Gasteiger charge is -2.07. The van der Waals surface area contributed by atoms with E-state index in [2.05, 4.69) is 31.3 Å². The number of fused-ring (bicyclic) bond motifs is 1. The van der Waals surface area contributed by atoms with Crippen LogP contribution in [0.5, 0.6) is 0 Å². The summed E-state index contributed by atoms with van der Waals surface area (Å²) < 4.78 is 2.79. The summed E-state index contributed by atoms with van der Waals surface area (Å²) in [5, 5.41) is 8.96. The normalized spacial score (nSPS) is 11.0. The molecule has 8 heteroatoms. The van der Waals surface area contributed by atoms with Gasteiger partial charge < -0.3 is 5.32 Å². The van der Waals surface area contributed by atoms with E-state index in [-0.39, 0.29) is 11.7 Å². The van der Waals surface area contributed by atoms with Crippen molar-refractivity contribution in [3.8, 4) is 11.3 Å². The van der Waals surface area contributed by atoms with Crippen LogP contribution in [-0.4, -0.2) is 26.3 Å². The van der Waals surface area contributed by atoms with Crippen LogP contribution in [0, 0.1) is 6.92 Å². The number of carbonyl (C=O) groups excluding carboxylic acids is 1. The van der Waals surface area contributed by atoms with Crippen molar-refractivity contribution in [1.29, 1.82) is 0 Å². The molecular formula is C21H16BrClN4OS. The average Bonchev–Trinajstić information content (AvgIpc) is 3.14. The zero-order valence-electron chi connectivity index (χ0n) is 15.4. The van der Waals surface area contributed by atoms with E-state index in [1.807, 2.05) is 55.5 Å². The predicted octanol–water partition coefficient (Wildman–Crippen LogP) is 5.85. The highest BCUT2D eigenvalue weighted by Gasteiger charge is 2.12. The third-order valence-corrected chi connectivity index (χ3v) is 6.41. The van der Waals surface area contributed by atoms with Gasteiger partial charge in [0.15, 0.2) is 0 Å². The Bertz CT molecular complexity index is 1190. The van der Waals surface area contributed by atoms with Crippen molar-refractivity contribution < 1.29 is 4.79 Å². The van der Waals surface area contributed by atoms with Gasteiger partial charge in [-0.3, -0.25) is 4.79 Å². The minimum absolute atomic E-state index is 0.0852. The number of benzene rings is 2. The van der Waals surface area contributed by atoms with E-state index in [0.717, 1.165) is 37.5 Å². The number of anilines is 1. The van der Waals surface area contributed by atoms with E-state index in [4.69, 9.17) is 11.6 Å². The van der Waals surface area contributed by atoms with Crippen molar-refractivity contribution >= 4 is 56.4 Å². The van der Waals surface area contributed by atoms with Crippen molar-refractivity contribution in [2.24, 2.45) is 0 Å². The first kappa shape index (κ1) is 19.9. The van der Waals surface area contributed by atoms with E-state index < -0.39 is 0 Å². The summed E-state index contributed by atoms with van der Waals surface area (Å²) in [6.45, 7) is 1.98. The second kappa shape index (κ2) is 8.57. The molecule has 2 aromatic heterocycles. The first-order chi connectivity index (χ1) is 14.0. The van der Waals surface area contributed by atoms with Crippen LogP contribution in [-0.2, 0) is 4.79 Å². The summed E-state index contributed by atoms with van der Waals surface area (Å²) >= 11 is 10.8. The molecule has 1 N–H and O–H groups in total. The van der Waals surface area contributed by atoms with Crippen LogP contribution in [0.3, 0.4) is 0 Å². The second-order valence-electron chi connectivity index (χ2n) is 6.40. The molecule has 29 heavy (non-hydrogen) atoms. The van der Waals surface area contributed by atoms with Gasteiger partial charge in [-0.1, -0.05) is 51.4 Å². The van der Waals surface area contributed by atoms with Gasteiger partial charge in [0.05, 0.1) is 17.0 Å². The van der Waals surface area contributed by atoms with Gasteiger partial charge >= 0.3 is 0 Å². The van der Waals surface area contributed by atoms with Crippen LogP contribution >= 0.6 is 39.3 Å². The quantitative estimate of drug-likeness (QED) is 0.359. The van der Waals surface area contributed by atoms with Crippen molar-refractivity contribution in [3.63, 3.8) is 0 Å². The maximum Gasteiger partial charge on any atom is 0.234 e. The molecule has 0 saturated carbocycles. The number of thioether (sulfide) groups is 1. The highest BCUT2D eigenvalue weighted by atomic mass is 79.9. The highest BCUT2D eigenvalue weighted by molar-refractivity contribution is 9.10. The topological polar surface area (TPSA) is 59.3 Å². The molecule has 0 radical (unpaired) electrons. The van der Waals surface area contributed by atoms with Crippen LogP contribution < -0.4 is 5.32 Å². The fourth-order valence-corrected chi connectivity index (χ4v) is 3.97. The van der Waals surface area contributed by atoms with Crippen molar-refractivity contribution in [2.75, 3.05) is 11.1 Å². The first-order valence-corrected chi connectivity index (χ1v) is 10.9. The molecule has 0 saturated heterocycles. The number of carbonyl (C=O) groups is 1. The van der Waals surface area contributed by atoms with Gasteiger partial charge in [0.25, 0.3) is 0 Å². The number of aryl methyl sites for hydroxylation is 1. The molecule has 4 rings (SSSR count). The van der Waals surface area contributed by atoms with Gasteiger partial charge in [0, 0.05) is 33.1 Å². The number of halogens is 2. The first-order valence-electron chi connectivity index (χ1n) is 8.79. The maximum atomic E-state index is 12.4. The van der Waals surface area contributed by atoms with Crippen LogP contribution in [0.25, 0.3) is 16.8 Å². The van der Waals surface area contributed by atoms with E-state index >= 15 is 0 Å². The smallest absolute Gasteiger partial charge is 0.234 e. The Balaban J connectivity index is 1.49. The van der Waals surface area contributed by atoms with Crippen molar-refractivity contribution in [3.05, 3.63) is 76.0 Å². The van der Waals surface area contributed by atoms with Gasteiger partial charge in [-0.05, 0) is 48.9 Å². The summed E-state index contributed by atoms with van der Waals surface area (Å²) in [6, 6.07) is 15.2. The molecule has 4 aromatic rings. The third kappa shape index (κ3) is 4.63. The molecule has 0 aliphatic carbocycles. The summed E-state index contributed by atoms with van der Waals surface area (Å²) in [4.78, 5) is 16.8. The average molecular weight is 488 g/mol. The zero-order valence-corrected chi connectivity index (χ0v) is 18.6. The van der Waals surface area contributed by atoms with Crippen LogP contribution in [0.1, 0.15) is 5.56 Å². The third-order valence-electron chi connectivity index (χ3n) is 4.28. The molecule has 0 spiro atoms. The molecule has 0 fully saturated rings. The van der Waals surface area contributed by atoms with Gasteiger partial charge in [-0.2, -0.15) is 5.10 Å². The zero-order chi connectivity index (χ0) is 20.4. The number of hydrogen-bond acceptors (Lipinski definition) is 4. The lowest BCUT2D eigenvalue weighted by Crippen LogP contribution is -2.14. The van der Waals surface area contributed by atoms with E-state index in [9.17, 15) is 4.79 Å². The summed E-state index contributed by atoms with van der Waals surface area (Å²) in [6.07, 6.45) is 3.48. The molecule has 0 aliphatic heterocycles.